The Hall–Kier alpha value is -1.61. The van der Waals surface area contributed by atoms with Crippen LogP contribution in [-0.4, -0.2) is 22.7 Å². The molecule has 0 bridgehead atoms. The van der Waals surface area contributed by atoms with Crippen molar-refractivity contribution in [3.63, 3.8) is 0 Å². The molecule has 1 aromatic heterocycles. The molecule has 0 amide bonds. The van der Waals surface area contributed by atoms with Crippen molar-refractivity contribution in [2.24, 2.45) is 0 Å². The van der Waals surface area contributed by atoms with E-state index in [2.05, 4.69) is 29.4 Å². The fourth-order valence-corrected chi connectivity index (χ4v) is 1.70. The van der Waals surface area contributed by atoms with Gasteiger partial charge in [0.25, 0.3) is 0 Å². The molecule has 0 radical (unpaired) electrons. The molecule has 1 unspecified atom stereocenters. The number of aromatic nitrogens is 1. The van der Waals surface area contributed by atoms with Crippen molar-refractivity contribution in [3.8, 4) is 0 Å². The number of nitrogens with one attached hydrogen (secondary N) is 1. The van der Waals surface area contributed by atoms with Crippen molar-refractivity contribution in [1.82, 2.24) is 4.98 Å². The van der Waals surface area contributed by atoms with Gasteiger partial charge < -0.3 is 10.4 Å². The van der Waals surface area contributed by atoms with Crippen LogP contribution in [0.25, 0.3) is 10.9 Å². The Morgan fingerprint density at radius 2 is 2.19 bits per heavy atom. The van der Waals surface area contributed by atoms with Crippen LogP contribution < -0.4 is 5.32 Å². The number of benzene rings is 1. The van der Waals surface area contributed by atoms with Crippen molar-refractivity contribution >= 4 is 16.6 Å². The highest BCUT2D eigenvalue weighted by Crippen LogP contribution is 2.23. The van der Waals surface area contributed by atoms with Crippen LogP contribution in [0, 0.1) is 6.92 Å². The Balaban J connectivity index is 2.47. The average molecular weight is 216 g/mol. The number of fused-ring (bicyclic) bond motifs is 1. The standard InChI is InChI=1S/C13H16N2O/c1-9-3-4-12-11(7-9)13(5-6-14-12)15-10(2)8-16/h3-7,10,16H,8H2,1-2H3,(H,14,15). The molecule has 0 saturated carbocycles. The number of anilines is 1. The summed E-state index contributed by atoms with van der Waals surface area (Å²) in [6, 6.07) is 8.16. The first-order valence-electron chi connectivity index (χ1n) is 5.43. The molecule has 2 N–H and O–H groups in total. The van der Waals surface area contributed by atoms with E-state index in [0.29, 0.717) is 0 Å². The van der Waals surface area contributed by atoms with Crippen molar-refractivity contribution in [3.05, 3.63) is 36.0 Å². The van der Waals surface area contributed by atoms with Crippen molar-refractivity contribution in [2.45, 2.75) is 19.9 Å². The van der Waals surface area contributed by atoms with E-state index < -0.39 is 0 Å². The second kappa shape index (κ2) is 4.49. The maximum Gasteiger partial charge on any atom is 0.0722 e. The number of hydrogen-bond acceptors (Lipinski definition) is 3. The van der Waals surface area contributed by atoms with E-state index in [1.807, 2.05) is 19.1 Å². The summed E-state index contributed by atoms with van der Waals surface area (Å²) >= 11 is 0. The van der Waals surface area contributed by atoms with E-state index in [4.69, 9.17) is 5.11 Å². The molecule has 2 aromatic rings. The van der Waals surface area contributed by atoms with Crippen LogP contribution in [0.3, 0.4) is 0 Å². The van der Waals surface area contributed by atoms with Crippen molar-refractivity contribution in [1.29, 1.82) is 0 Å². The minimum atomic E-state index is 0.0473. The van der Waals surface area contributed by atoms with Crippen LogP contribution in [0.2, 0.25) is 0 Å². The van der Waals surface area contributed by atoms with Crippen LogP contribution in [0.5, 0.6) is 0 Å². The second-order valence-electron chi connectivity index (χ2n) is 4.11. The first kappa shape index (κ1) is 10.9. The Morgan fingerprint density at radius 1 is 1.38 bits per heavy atom. The van der Waals surface area contributed by atoms with Crippen LogP contribution >= 0.6 is 0 Å². The number of nitrogens with zero attached hydrogens (tertiary/aromatic N) is 1. The van der Waals surface area contributed by atoms with Gasteiger partial charge in [0.1, 0.15) is 0 Å². The van der Waals surface area contributed by atoms with Crippen molar-refractivity contribution in [2.75, 3.05) is 11.9 Å². The van der Waals surface area contributed by atoms with Gasteiger partial charge in [-0.25, -0.2) is 0 Å². The highest BCUT2D eigenvalue weighted by Gasteiger charge is 2.04. The number of hydrogen-bond donors (Lipinski definition) is 2. The highest BCUT2D eigenvalue weighted by molar-refractivity contribution is 5.91. The summed E-state index contributed by atoms with van der Waals surface area (Å²) < 4.78 is 0. The SMILES string of the molecule is Cc1ccc2nccc(NC(C)CO)c2c1. The molecule has 16 heavy (non-hydrogen) atoms. The predicted molar refractivity (Wildman–Crippen MR) is 66.7 cm³/mol. The molecule has 1 aromatic carbocycles. The summed E-state index contributed by atoms with van der Waals surface area (Å²) in [5, 5.41) is 13.4. The fraction of sp³-hybridized carbons (Fsp3) is 0.308. The number of aliphatic hydroxyl groups excluding tert-OH is 1. The molecule has 1 heterocycles. The molecular weight excluding hydrogens is 200 g/mol. The summed E-state index contributed by atoms with van der Waals surface area (Å²) in [4.78, 5) is 4.31. The van der Waals surface area contributed by atoms with Crippen LogP contribution in [0.4, 0.5) is 5.69 Å². The lowest BCUT2D eigenvalue weighted by Gasteiger charge is -2.14. The lowest BCUT2D eigenvalue weighted by atomic mass is 10.1. The summed E-state index contributed by atoms with van der Waals surface area (Å²) in [5.41, 5.74) is 3.20. The van der Waals surface area contributed by atoms with E-state index in [-0.39, 0.29) is 12.6 Å². The lowest BCUT2D eigenvalue weighted by Crippen LogP contribution is -2.19. The first-order chi connectivity index (χ1) is 7.70. The topological polar surface area (TPSA) is 45.2 Å². The molecule has 84 valence electrons. The molecule has 3 nitrogen and oxygen atoms in total. The van der Waals surface area contributed by atoms with Gasteiger partial charge in [0.2, 0.25) is 0 Å². The van der Waals surface area contributed by atoms with Gasteiger partial charge in [-0.1, -0.05) is 11.6 Å². The number of aliphatic hydroxyl groups is 1. The summed E-state index contributed by atoms with van der Waals surface area (Å²) in [6.07, 6.45) is 1.78. The van der Waals surface area contributed by atoms with E-state index in [1.165, 1.54) is 5.56 Å². The molecule has 0 fully saturated rings. The molecule has 0 aliphatic rings. The number of pyridine rings is 1. The Kier molecular flexibility index (Phi) is 3.06. The smallest absolute Gasteiger partial charge is 0.0722 e. The molecule has 0 spiro atoms. The normalized spacial score (nSPS) is 12.7. The van der Waals surface area contributed by atoms with Gasteiger partial charge in [-0.2, -0.15) is 0 Å². The average Bonchev–Trinajstić information content (AvgIpc) is 2.29. The predicted octanol–water partition coefficient (Wildman–Crippen LogP) is 2.34. The summed E-state index contributed by atoms with van der Waals surface area (Å²) in [6.45, 7) is 4.13. The van der Waals surface area contributed by atoms with Crippen molar-refractivity contribution < 1.29 is 5.11 Å². The van der Waals surface area contributed by atoms with Gasteiger partial charge in [0.15, 0.2) is 0 Å². The van der Waals surface area contributed by atoms with E-state index in [1.54, 1.807) is 6.20 Å². The molecule has 1 atom stereocenters. The van der Waals surface area contributed by atoms with Gasteiger partial charge in [0, 0.05) is 23.3 Å². The third-order valence-electron chi connectivity index (χ3n) is 2.57. The summed E-state index contributed by atoms with van der Waals surface area (Å²) in [7, 11) is 0. The van der Waals surface area contributed by atoms with Crippen LogP contribution in [0.1, 0.15) is 12.5 Å². The molecule has 0 aliphatic carbocycles. The fourth-order valence-electron chi connectivity index (χ4n) is 1.70. The zero-order valence-corrected chi connectivity index (χ0v) is 9.57. The molecule has 3 heteroatoms. The Bertz CT molecular complexity index is 496. The van der Waals surface area contributed by atoms with Gasteiger partial charge >= 0.3 is 0 Å². The maximum atomic E-state index is 9.04. The minimum Gasteiger partial charge on any atom is -0.394 e. The Morgan fingerprint density at radius 3 is 2.94 bits per heavy atom. The second-order valence-corrected chi connectivity index (χ2v) is 4.11. The molecule has 0 saturated heterocycles. The number of aryl methyl sites for hydroxylation is 1. The third kappa shape index (κ3) is 2.14. The zero-order chi connectivity index (χ0) is 11.5. The Labute approximate surface area is 95.1 Å². The van der Waals surface area contributed by atoms with E-state index >= 15 is 0 Å². The quantitative estimate of drug-likeness (QED) is 0.827. The minimum absolute atomic E-state index is 0.0473. The maximum absolute atomic E-state index is 9.04. The van der Waals surface area contributed by atoms with Gasteiger partial charge in [-0.15, -0.1) is 0 Å². The molecule has 2 rings (SSSR count). The van der Waals surface area contributed by atoms with Crippen LogP contribution in [0.15, 0.2) is 30.5 Å². The lowest BCUT2D eigenvalue weighted by molar-refractivity contribution is 0.281. The van der Waals surface area contributed by atoms with E-state index in [0.717, 1.165) is 16.6 Å². The van der Waals surface area contributed by atoms with Crippen LogP contribution in [-0.2, 0) is 0 Å². The highest BCUT2D eigenvalue weighted by atomic mass is 16.3. The summed E-state index contributed by atoms with van der Waals surface area (Å²) in [5.74, 6) is 0. The largest absolute Gasteiger partial charge is 0.394 e. The number of rotatable bonds is 3. The molecule has 0 aliphatic heterocycles. The van der Waals surface area contributed by atoms with Gasteiger partial charge in [-0.3, -0.25) is 4.98 Å². The first-order valence-corrected chi connectivity index (χ1v) is 5.43. The molecular formula is C13H16N2O. The van der Waals surface area contributed by atoms with Gasteiger partial charge in [-0.05, 0) is 32.0 Å². The zero-order valence-electron chi connectivity index (χ0n) is 9.57. The van der Waals surface area contributed by atoms with E-state index in [9.17, 15) is 0 Å². The third-order valence-corrected chi connectivity index (χ3v) is 2.57. The monoisotopic (exact) mass is 216 g/mol. The van der Waals surface area contributed by atoms with Gasteiger partial charge in [0.05, 0.1) is 12.1 Å².